The molecule has 1 aromatic carbocycles. The second-order valence-electron chi connectivity index (χ2n) is 10.4. The van der Waals surface area contributed by atoms with Crippen LogP contribution < -0.4 is 20.1 Å². The number of aromatic nitrogens is 4. The number of amides is 2. The Kier molecular flexibility index (Phi) is 7.01. The molecule has 208 valence electrons. The van der Waals surface area contributed by atoms with Crippen LogP contribution in [0.1, 0.15) is 37.6 Å². The number of ether oxygens (including phenoxy) is 3. The molecule has 3 aromatic heterocycles. The normalized spacial score (nSPS) is 12.6. The minimum atomic E-state index is -0.815. The first kappa shape index (κ1) is 26.9. The average molecular weight is 549 g/mol. The molecule has 0 bridgehead atoms. The highest BCUT2D eigenvalue weighted by atomic mass is 19.1. The summed E-state index contributed by atoms with van der Waals surface area (Å²) in [5.41, 5.74) is 2.64. The zero-order chi connectivity index (χ0) is 28.6. The van der Waals surface area contributed by atoms with Gasteiger partial charge in [-0.25, -0.2) is 23.9 Å². The van der Waals surface area contributed by atoms with E-state index in [4.69, 9.17) is 14.2 Å². The van der Waals surface area contributed by atoms with Gasteiger partial charge < -0.3 is 19.5 Å². The Bertz CT molecular complexity index is 1630. The van der Waals surface area contributed by atoms with E-state index in [1.54, 1.807) is 50.8 Å². The van der Waals surface area contributed by atoms with Crippen molar-refractivity contribution in [3.05, 3.63) is 59.3 Å². The lowest BCUT2D eigenvalue weighted by atomic mass is 10.0. The number of hydrogen-bond acceptors (Lipinski definition) is 8. The number of pyridine rings is 2. The SMILES string of the molecule is Cc1cc(-c2cnc(OC(=O)NCc3c(F)ccc4c3CCO4)c3cnc(NC(=O)OC(C)(C)C)cc23)n(C)n1. The quantitative estimate of drug-likeness (QED) is 0.355. The number of carbonyl (C=O) groups excluding carboxylic acids is 2. The molecule has 0 radical (unpaired) electrons. The van der Waals surface area contributed by atoms with Crippen LogP contribution in [0.3, 0.4) is 0 Å². The van der Waals surface area contributed by atoms with Crippen LogP contribution in [0, 0.1) is 12.7 Å². The Labute approximate surface area is 229 Å². The Morgan fingerprint density at radius 3 is 2.65 bits per heavy atom. The molecule has 0 fully saturated rings. The largest absolute Gasteiger partial charge is 0.493 e. The molecule has 11 nitrogen and oxygen atoms in total. The molecule has 1 aliphatic heterocycles. The van der Waals surface area contributed by atoms with Crippen molar-refractivity contribution in [1.29, 1.82) is 0 Å². The minimum Gasteiger partial charge on any atom is -0.493 e. The predicted octanol–water partition coefficient (Wildman–Crippen LogP) is 5.05. The smallest absolute Gasteiger partial charge is 0.414 e. The number of benzene rings is 1. The van der Waals surface area contributed by atoms with E-state index in [1.807, 2.05) is 13.0 Å². The van der Waals surface area contributed by atoms with E-state index in [0.717, 1.165) is 17.0 Å². The highest BCUT2D eigenvalue weighted by Gasteiger charge is 2.22. The summed E-state index contributed by atoms with van der Waals surface area (Å²) >= 11 is 0. The lowest BCUT2D eigenvalue weighted by Crippen LogP contribution is -2.28. The molecule has 40 heavy (non-hydrogen) atoms. The van der Waals surface area contributed by atoms with Crippen molar-refractivity contribution in [2.75, 3.05) is 11.9 Å². The van der Waals surface area contributed by atoms with Crippen molar-refractivity contribution in [2.45, 2.75) is 46.3 Å². The van der Waals surface area contributed by atoms with E-state index in [1.165, 1.54) is 12.3 Å². The molecule has 0 saturated heterocycles. The molecule has 5 rings (SSSR count). The summed E-state index contributed by atoms with van der Waals surface area (Å²) in [6, 6.07) is 6.43. The molecule has 12 heteroatoms. The second kappa shape index (κ2) is 10.4. The molecule has 0 unspecified atom stereocenters. The zero-order valence-electron chi connectivity index (χ0n) is 22.8. The first-order chi connectivity index (χ1) is 19.0. The standard InChI is InChI=1S/C28H29FN6O5/c1-15-10-22(35(5)34-15)19-13-31-25(20-14-30-24(11-17(19)20)33-27(37)40-28(2,3)4)39-26(36)32-12-18-16-8-9-38-23(16)7-6-21(18)29/h6-7,10-11,13-14H,8-9,12H2,1-5H3,(H,32,36)(H,30,33,37). The number of rotatable bonds is 5. The van der Waals surface area contributed by atoms with Gasteiger partial charge in [0.05, 0.1) is 23.4 Å². The van der Waals surface area contributed by atoms with Crippen LogP contribution in [0.15, 0.2) is 36.7 Å². The van der Waals surface area contributed by atoms with Gasteiger partial charge in [-0.05, 0) is 52.0 Å². The highest BCUT2D eigenvalue weighted by molar-refractivity contribution is 6.00. The number of fused-ring (bicyclic) bond motifs is 2. The minimum absolute atomic E-state index is 0.00597. The molecule has 0 aliphatic carbocycles. The maximum atomic E-state index is 14.5. The monoisotopic (exact) mass is 548 g/mol. The van der Waals surface area contributed by atoms with Gasteiger partial charge >= 0.3 is 12.2 Å². The molecule has 2 N–H and O–H groups in total. The molecule has 0 saturated carbocycles. The average Bonchev–Trinajstić information content (AvgIpc) is 3.48. The maximum absolute atomic E-state index is 14.5. The molecule has 2 amide bonds. The van der Waals surface area contributed by atoms with Crippen molar-refractivity contribution < 1.29 is 28.2 Å². The van der Waals surface area contributed by atoms with Gasteiger partial charge in [-0.3, -0.25) is 10.00 Å². The number of aryl methyl sites for hydroxylation is 2. The van der Waals surface area contributed by atoms with E-state index in [9.17, 15) is 14.0 Å². The van der Waals surface area contributed by atoms with Crippen molar-refractivity contribution in [3.63, 3.8) is 0 Å². The van der Waals surface area contributed by atoms with E-state index < -0.39 is 23.6 Å². The van der Waals surface area contributed by atoms with E-state index in [2.05, 4.69) is 25.7 Å². The van der Waals surface area contributed by atoms with E-state index in [-0.39, 0.29) is 18.2 Å². The first-order valence-electron chi connectivity index (χ1n) is 12.7. The third-order valence-electron chi connectivity index (χ3n) is 6.18. The Morgan fingerprint density at radius 2 is 1.93 bits per heavy atom. The summed E-state index contributed by atoms with van der Waals surface area (Å²) in [7, 11) is 1.80. The Hall–Kier alpha value is -4.74. The van der Waals surface area contributed by atoms with Gasteiger partial charge in [0, 0.05) is 54.5 Å². The van der Waals surface area contributed by atoms with Crippen molar-refractivity contribution in [3.8, 4) is 22.9 Å². The van der Waals surface area contributed by atoms with Gasteiger partial charge in [0.2, 0.25) is 5.88 Å². The second-order valence-corrected chi connectivity index (χ2v) is 10.4. The first-order valence-corrected chi connectivity index (χ1v) is 12.7. The fraction of sp³-hybridized carbons (Fsp3) is 0.321. The van der Waals surface area contributed by atoms with E-state index in [0.29, 0.717) is 40.7 Å². The number of anilines is 1. The lowest BCUT2D eigenvalue weighted by Gasteiger charge is -2.19. The summed E-state index contributed by atoms with van der Waals surface area (Å²) in [6.45, 7) is 7.54. The van der Waals surface area contributed by atoms with E-state index >= 15 is 0 Å². The molecular weight excluding hydrogens is 519 g/mol. The number of halogens is 1. The number of hydrogen-bond donors (Lipinski definition) is 2. The van der Waals surface area contributed by atoms with Crippen LogP contribution in [0.2, 0.25) is 0 Å². The number of carbonyl (C=O) groups is 2. The number of nitrogens with one attached hydrogen (secondary N) is 2. The summed E-state index contributed by atoms with van der Waals surface area (Å²) in [6.07, 6.45) is 2.09. The van der Waals surface area contributed by atoms with Crippen molar-refractivity contribution in [1.82, 2.24) is 25.1 Å². The fourth-order valence-corrected chi connectivity index (χ4v) is 4.53. The zero-order valence-corrected chi connectivity index (χ0v) is 22.8. The molecule has 4 aromatic rings. The molecule has 0 spiro atoms. The summed E-state index contributed by atoms with van der Waals surface area (Å²) in [4.78, 5) is 33.8. The van der Waals surface area contributed by atoms with Gasteiger partial charge in [0.25, 0.3) is 0 Å². The molecule has 0 atom stereocenters. The Balaban J connectivity index is 1.44. The van der Waals surface area contributed by atoms with Crippen LogP contribution in [0.25, 0.3) is 22.0 Å². The third-order valence-corrected chi connectivity index (χ3v) is 6.18. The highest BCUT2D eigenvalue weighted by Crippen LogP contribution is 2.34. The van der Waals surface area contributed by atoms with Gasteiger partial charge in [0.15, 0.2) is 0 Å². The van der Waals surface area contributed by atoms with Crippen LogP contribution in [0.4, 0.5) is 19.8 Å². The molecule has 4 heterocycles. The lowest BCUT2D eigenvalue weighted by molar-refractivity contribution is 0.0635. The summed E-state index contributed by atoms with van der Waals surface area (Å²) < 4.78 is 32.5. The third kappa shape index (κ3) is 5.65. The molecular formula is C28H29FN6O5. The van der Waals surface area contributed by atoms with Crippen molar-refractivity contribution >= 4 is 28.8 Å². The molecule has 1 aliphatic rings. The van der Waals surface area contributed by atoms with Gasteiger partial charge in [-0.2, -0.15) is 5.10 Å². The summed E-state index contributed by atoms with van der Waals surface area (Å²) in [5.74, 6) is 0.410. The van der Waals surface area contributed by atoms with Crippen molar-refractivity contribution in [2.24, 2.45) is 7.05 Å². The number of nitrogens with zero attached hydrogens (tertiary/aromatic N) is 4. The van der Waals surface area contributed by atoms with Crippen LogP contribution in [-0.2, 0) is 24.8 Å². The summed E-state index contributed by atoms with van der Waals surface area (Å²) in [5, 5.41) is 10.7. The maximum Gasteiger partial charge on any atom is 0.414 e. The van der Waals surface area contributed by atoms with Gasteiger partial charge in [-0.1, -0.05) is 0 Å². The topological polar surface area (TPSA) is 129 Å². The van der Waals surface area contributed by atoms with Crippen LogP contribution >= 0.6 is 0 Å². The fourth-order valence-electron chi connectivity index (χ4n) is 4.53. The van der Waals surface area contributed by atoms with Gasteiger partial charge in [-0.15, -0.1) is 0 Å². The van der Waals surface area contributed by atoms with Gasteiger partial charge in [0.1, 0.15) is 23.0 Å². The van der Waals surface area contributed by atoms with Crippen LogP contribution in [0.5, 0.6) is 11.6 Å². The Morgan fingerprint density at radius 1 is 1.12 bits per heavy atom. The van der Waals surface area contributed by atoms with Crippen LogP contribution in [-0.4, -0.2) is 44.1 Å². The predicted molar refractivity (Wildman–Crippen MR) is 145 cm³/mol.